The summed E-state index contributed by atoms with van der Waals surface area (Å²) in [5.74, 6) is -3.65. The molecule has 1 aliphatic rings. The molecular weight excluding hydrogens is 405 g/mol. The van der Waals surface area contributed by atoms with Crippen molar-refractivity contribution in [1.29, 1.82) is 0 Å². The van der Waals surface area contributed by atoms with Gasteiger partial charge in [0.25, 0.3) is 5.91 Å². The number of hydrogen-bond acceptors (Lipinski definition) is 6. The van der Waals surface area contributed by atoms with E-state index in [1.54, 1.807) is 20.8 Å². The summed E-state index contributed by atoms with van der Waals surface area (Å²) in [4.78, 5) is 37.6. The normalized spacial score (nSPS) is 15.6. The zero-order chi connectivity index (χ0) is 23.7. The van der Waals surface area contributed by atoms with Crippen LogP contribution in [-0.2, 0) is 24.5 Å². The third kappa shape index (κ3) is 5.24. The Hall–Kier alpha value is -2.90. The third-order valence-electron chi connectivity index (χ3n) is 4.63. The van der Waals surface area contributed by atoms with Gasteiger partial charge in [-0.1, -0.05) is 13.8 Å². The SMILES string of the molecule is CC(C)COc1ccc2c(c1F)C(C)(C)C(=O)C(C(=O)NCC(=O)OC(C)(C)C)=C2O. The van der Waals surface area contributed by atoms with Gasteiger partial charge in [-0.3, -0.25) is 14.4 Å². The Bertz CT molecular complexity index is 940. The number of amides is 1. The van der Waals surface area contributed by atoms with Crippen molar-refractivity contribution < 1.29 is 33.4 Å². The van der Waals surface area contributed by atoms with Gasteiger partial charge < -0.3 is 19.9 Å². The van der Waals surface area contributed by atoms with Crippen molar-refractivity contribution in [1.82, 2.24) is 5.32 Å². The molecule has 2 rings (SSSR count). The molecule has 0 heterocycles. The van der Waals surface area contributed by atoms with E-state index >= 15 is 4.39 Å². The average Bonchev–Trinajstić information content (AvgIpc) is 2.62. The Morgan fingerprint density at radius 1 is 1.23 bits per heavy atom. The largest absolute Gasteiger partial charge is 0.506 e. The molecule has 1 aromatic rings. The number of esters is 1. The van der Waals surface area contributed by atoms with Crippen molar-refractivity contribution in [2.75, 3.05) is 13.2 Å². The van der Waals surface area contributed by atoms with E-state index in [0.717, 1.165) is 0 Å². The number of benzene rings is 1. The molecule has 0 saturated heterocycles. The van der Waals surface area contributed by atoms with Crippen LogP contribution in [0.2, 0.25) is 0 Å². The fourth-order valence-electron chi connectivity index (χ4n) is 3.23. The first-order valence-corrected chi connectivity index (χ1v) is 10.1. The first kappa shape index (κ1) is 24.4. The minimum absolute atomic E-state index is 0.0287. The van der Waals surface area contributed by atoms with Crippen LogP contribution in [0.1, 0.15) is 59.6 Å². The van der Waals surface area contributed by atoms with Crippen molar-refractivity contribution >= 4 is 23.4 Å². The molecule has 31 heavy (non-hydrogen) atoms. The van der Waals surface area contributed by atoms with Gasteiger partial charge in [-0.2, -0.15) is 0 Å². The van der Waals surface area contributed by atoms with Crippen LogP contribution in [0, 0.1) is 11.7 Å². The zero-order valence-electron chi connectivity index (χ0n) is 19.0. The monoisotopic (exact) mass is 435 g/mol. The van der Waals surface area contributed by atoms with Crippen LogP contribution in [0.25, 0.3) is 5.76 Å². The minimum atomic E-state index is -1.44. The van der Waals surface area contributed by atoms with E-state index in [-0.39, 0.29) is 29.4 Å². The molecule has 0 bridgehead atoms. The number of aliphatic hydroxyl groups is 1. The number of carbonyl (C=O) groups is 3. The maximum Gasteiger partial charge on any atom is 0.325 e. The van der Waals surface area contributed by atoms with Gasteiger partial charge in [-0.15, -0.1) is 0 Å². The summed E-state index contributed by atoms with van der Waals surface area (Å²) < 4.78 is 25.8. The first-order valence-electron chi connectivity index (χ1n) is 10.1. The summed E-state index contributed by atoms with van der Waals surface area (Å²) in [6.45, 7) is 11.6. The number of aliphatic hydroxyl groups excluding tert-OH is 1. The average molecular weight is 435 g/mol. The van der Waals surface area contributed by atoms with Gasteiger partial charge >= 0.3 is 5.97 Å². The van der Waals surface area contributed by atoms with Crippen LogP contribution in [0.5, 0.6) is 5.75 Å². The molecule has 1 aliphatic carbocycles. The molecule has 2 N–H and O–H groups in total. The minimum Gasteiger partial charge on any atom is -0.506 e. The van der Waals surface area contributed by atoms with Crippen LogP contribution in [0.3, 0.4) is 0 Å². The second-order valence-corrected chi connectivity index (χ2v) is 9.45. The van der Waals surface area contributed by atoms with E-state index in [0.29, 0.717) is 0 Å². The molecule has 0 atom stereocenters. The van der Waals surface area contributed by atoms with Crippen LogP contribution < -0.4 is 10.1 Å². The van der Waals surface area contributed by atoms with Crippen molar-refractivity contribution in [3.63, 3.8) is 0 Å². The summed E-state index contributed by atoms with van der Waals surface area (Å²) in [5, 5.41) is 12.9. The molecule has 0 unspecified atom stereocenters. The molecule has 8 heteroatoms. The van der Waals surface area contributed by atoms with Crippen LogP contribution in [0.4, 0.5) is 4.39 Å². The van der Waals surface area contributed by atoms with Crippen LogP contribution in [-0.4, -0.2) is 41.5 Å². The Morgan fingerprint density at radius 3 is 2.39 bits per heavy atom. The highest BCUT2D eigenvalue weighted by Crippen LogP contribution is 2.43. The summed E-state index contributed by atoms with van der Waals surface area (Å²) in [6, 6.07) is 2.77. The lowest BCUT2D eigenvalue weighted by atomic mass is 9.70. The zero-order valence-corrected chi connectivity index (χ0v) is 19.0. The van der Waals surface area contributed by atoms with Gasteiger partial charge in [-0.25, -0.2) is 4.39 Å². The lowest BCUT2D eigenvalue weighted by molar-refractivity contribution is -0.154. The van der Waals surface area contributed by atoms with Crippen molar-refractivity contribution in [3.8, 4) is 5.75 Å². The smallest absolute Gasteiger partial charge is 0.325 e. The van der Waals surface area contributed by atoms with Crippen LogP contribution >= 0.6 is 0 Å². The summed E-state index contributed by atoms with van der Waals surface area (Å²) in [6.07, 6.45) is 0. The molecule has 0 spiro atoms. The Balaban J connectivity index is 2.39. The Labute approximate surface area is 181 Å². The fraction of sp³-hybridized carbons (Fsp3) is 0.522. The highest BCUT2D eigenvalue weighted by atomic mass is 19.1. The lowest BCUT2D eigenvalue weighted by Gasteiger charge is -2.32. The second kappa shape index (κ2) is 8.69. The topological polar surface area (TPSA) is 102 Å². The molecule has 0 aromatic heterocycles. The van der Waals surface area contributed by atoms with E-state index in [1.807, 2.05) is 13.8 Å². The Kier molecular flexibility index (Phi) is 6.83. The van der Waals surface area contributed by atoms with E-state index in [1.165, 1.54) is 26.0 Å². The number of carbonyl (C=O) groups excluding carboxylic acids is 3. The fourth-order valence-corrected chi connectivity index (χ4v) is 3.23. The molecule has 170 valence electrons. The number of nitrogens with one attached hydrogen (secondary N) is 1. The number of rotatable bonds is 6. The highest BCUT2D eigenvalue weighted by Gasteiger charge is 2.45. The van der Waals surface area contributed by atoms with Crippen LogP contribution in [0.15, 0.2) is 17.7 Å². The lowest BCUT2D eigenvalue weighted by Crippen LogP contribution is -2.43. The molecule has 0 saturated carbocycles. The van der Waals surface area contributed by atoms with Gasteiger partial charge in [0.05, 0.1) is 12.0 Å². The molecular formula is C23H30FNO6. The number of fused-ring (bicyclic) bond motifs is 1. The number of hydrogen-bond donors (Lipinski definition) is 2. The number of halogens is 1. The molecule has 0 radical (unpaired) electrons. The number of ketones is 1. The van der Waals surface area contributed by atoms with Gasteiger partial charge in [0.1, 0.15) is 23.5 Å². The number of Topliss-reactive ketones (excluding diaryl/α,β-unsaturated/α-hetero) is 1. The second-order valence-electron chi connectivity index (χ2n) is 9.45. The predicted molar refractivity (Wildman–Crippen MR) is 113 cm³/mol. The van der Waals surface area contributed by atoms with E-state index in [4.69, 9.17) is 9.47 Å². The van der Waals surface area contributed by atoms with Gasteiger partial charge in [-0.05, 0) is 52.7 Å². The van der Waals surface area contributed by atoms with E-state index < -0.39 is 52.4 Å². The number of ether oxygens (including phenoxy) is 2. The standard InChI is InChI=1S/C23H30FNO6/c1-12(2)11-30-14-9-8-13-17(18(14)24)23(6,7)20(28)16(19(13)27)21(29)25-10-15(26)31-22(3,4)5/h8-9,12,27H,10-11H2,1-7H3,(H,25,29). The van der Waals surface area contributed by atoms with E-state index in [9.17, 15) is 19.5 Å². The molecule has 7 nitrogen and oxygen atoms in total. The maximum atomic E-state index is 15.2. The summed E-state index contributed by atoms with van der Waals surface area (Å²) in [7, 11) is 0. The quantitative estimate of drug-likeness (QED) is 0.524. The first-order chi connectivity index (χ1) is 14.2. The van der Waals surface area contributed by atoms with Gasteiger partial charge in [0.15, 0.2) is 17.3 Å². The Morgan fingerprint density at radius 2 is 1.84 bits per heavy atom. The van der Waals surface area contributed by atoms with Crippen molar-refractivity contribution in [2.45, 2.75) is 59.5 Å². The maximum absolute atomic E-state index is 15.2. The van der Waals surface area contributed by atoms with Crippen molar-refractivity contribution in [3.05, 3.63) is 34.6 Å². The molecule has 0 aliphatic heterocycles. The van der Waals surface area contributed by atoms with Gasteiger partial charge in [0, 0.05) is 11.1 Å². The predicted octanol–water partition coefficient (Wildman–Crippen LogP) is 3.45. The summed E-state index contributed by atoms with van der Waals surface area (Å²) in [5.41, 5.74) is -2.73. The molecule has 1 amide bonds. The summed E-state index contributed by atoms with van der Waals surface area (Å²) >= 11 is 0. The van der Waals surface area contributed by atoms with Gasteiger partial charge in [0.2, 0.25) is 0 Å². The molecule has 0 fully saturated rings. The highest BCUT2D eigenvalue weighted by molar-refractivity contribution is 6.28. The third-order valence-corrected chi connectivity index (χ3v) is 4.63. The molecule has 1 aromatic carbocycles. The van der Waals surface area contributed by atoms with E-state index in [2.05, 4.69) is 5.32 Å². The van der Waals surface area contributed by atoms with Crippen molar-refractivity contribution in [2.24, 2.45) is 5.92 Å².